The van der Waals surface area contributed by atoms with Crippen LogP contribution in [-0.2, 0) is 0 Å². The lowest BCUT2D eigenvalue weighted by Crippen LogP contribution is -2.09. The van der Waals surface area contributed by atoms with E-state index in [2.05, 4.69) is 407 Å². The summed E-state index contributed by atoms with van der Waals surface area (Å²) in [7, 11) is 0. The molecule has 6 nitrogen and oxygen atoms in total. The van der Waals surface area contributed by atoms with Crippen molar-refractivity contribution in [3.05, 3.63) is 431 Å². The Labute approximate surface area is 587 Å². The summed E-state index contributed by atoms with van der Waals surface area (Å²) in [4.78, 5) is 6.78. The van der Waals surface area contributed by atoms with E-state index >= 15 is 0 Å². The van der Waals surface area contributed by atoms with Gasteiger partial charge in [-0.1, -0.05) is 249 Å². The van der Waals surface area contributed by atoms with E-state index in [1.54, 1.807) is 0 Å². The molecule has 0 spiro atoms. The van der Waals surface area contributed by atoms with E-state index in [1.807, 2.05) is 54.6 Å². The number of benzene rings is 16. The second kappa shape index (κ2) is 31.9. The van der Waals surface area contributed by atoms with Gasteiger partial charge >= 0.3 is 0 Å². The number of nitrogens with one attached hydrogen (secondary N) is 3. The maximum absolute atomic E-state index is 3.67. The maximum atomic E-state index is 3.67. The summed E-state index contributed by atoms with van der Waals surface area (Å²) in [5.74, 6) is 0. The summed E-state index contributed by atoms with van der Waals surface area (Å²) in [6.45, 7) is 0. The Morgan fingerprint density at radius 1 is 0.160 bits per heavy atom. The molecule has 0 saturated heterocycles. The topological polar surface area (TPSA) is 45.8 Å². The number of anilines is 15. The first-order valence-corrected chi connectivity index (χ1v) is 33.8. The minimum absolute atomic E-state index is 1.04. The Balaban J connectivity index is 0.000000130. The van der Waals surface area contributed by atoms with Crippen LogP contribution in [0.1, 0.15) is 0 Å². The first-order valence-electron chi connectivity index (χ1n) is 33.8. The van der Waals surface area contributed by atoms with Crippen molar-refractivity contribution in [1.82, 2.24) is 0 Å². The number of nitrogens with zero attached hydrogens (tertiary/aromatic N) is 3. The maximum Gasteiger partial charge on any atom is 0.0464 e. The van der Waals surface area contributed by atoms with Crippen molar-refractivity contribution >= 4 is 96.1 Å². The zero-order chi connectivity index (χ0) is 67.3. The Hall–Kier alpha value is -13.4. The fraction of sp³-hybridized carbons (Fsp3) is 0. The minimum atomic E-state index is 1.04. The lowest BCUT2D eigenvalue weighted by Gasteiger charge is -2.26. The number of fused-ring (bicyclic) bond motifs is 1. The van der Waals surface area contributed by atoms with Crippen LogP contribution in [0.25, 0.3) is 44.2 Å². The molecule has 0 radical (unpaired) electrons. The number of hydrogen-bond donors (Lipinski definition) is 3. The summed E-state index contributed by atoms with van der Waals surface area (Å²) in [5, 5.41) is 13.2. The van der Waals surface area contributed by atoms with E-state index in [0.717, 1.165) is 85.3 Å². The molecule has 0 saturated carbocycles. The van der Waals surface area contributed by atoms with E-state index < -0.39 is 0 Å². The van der Waals surface area contributed by atoms with Gasteiger partial charge < -0.3 is 30.7 Å². The smallest absolute Gasteiger partial charge is 0.0464 e. The molecule has 0 bridgehead atoms. The molecule has 0 fully saturated rings. The van der Waals surface area contributed by atoms with Gasteiger partial charge in [-0.3, -0.25) is 0 Å². The molecule has 0 aliphatic rings. The zero-order valence-corrected chi connectivity index (χ0v) is 55.3. The summed E-state index contributed by atoms with van der Waals surface area (Å²) in [6, 6.07) is 150. The Morgan fingerprint density at radius 3 is 0.820 bits per heavy atom. The van der Waals surface area contributed by atoms with Gasteiger partial charge in [-0.25, -0.2) is 0 Å². The third-order valence-electron chi connectivity index (χ3n) is 17.3. The number of para-hydroxylation sites is 7. The van der Waals surface area contributed by atoms with Crippen molar-refractivity contribution in [2.24, 2.45) is 0 Å². The van der Waals surface area contributed by atoms with Crippen molar-refractivity contribution in [2.45, 2.75) is 0 Å². The van der Waals surface area contributed by atoms with Gasteiger partial charge in [-0.05, 0) is 221 Å². The second-order valence-corrected chi connectivity index (χ2v) is 24.0. The van der Waals surface area contributed by atoms with Gasteiger partial charge in [0.05, 0.1) is 0 Å². The van der Waals surface area contributed by atoms with Crippen LogP contribution in [0.5, 0.6) is 0 Å². The summed E-state index contributed by atoms with van der Waals surface area (Å²) in [6.07, 6.45) is 0. The minimum Gasteiger partial charge on any atom is -0.356 e. The standard InChI is InChI=1S/C36H29N3.C34H25N.C24H20N2/c1-5-13-31(14-6-1)38(32-15-7-2-8-16-32)35-25-21-29(22-26-35)37-30-23-27-36(28-24-30)39(33-17-9-3-10-18-33)34-19-11-4-12-20-34;1-3-10-25(11-4-1)29-20-23-34(33(24-29)27-12-5-2-6-13-27)35-30-21-18-28(19-22-30)32-17-9-15-26-14-7-8-16-31(26)32;1-4-10-20(11-5-1)25-21-16-18-24(19-17-21)26(22-12-6-2-7-13-22)23-14-8-3-9-15-23/h1-28,37H;1-24,35H;1-19,25H. The molecule has 0 aromatic heterocycles. The first kappa shape index (κ1) is 63.9. The van der Waals surface area contributed by atoms with Crippen LogP contribution in [0.15, 0.2) is 431 Å². The third kappa shape index (κ3) is 15.9. The van der Waals surface area contributed by atoms with Crippen LogP contribution in [0, 0.1) is 0 Å². The van der Waals surface area contributed by atoms with Gasteiger partial charge in [0.15, 0.2) is 0 Å². The summed E-state index contributed by atoms with van der Waals surface area (Å²) in [5.41, 5.74) is 23.8. The summed E-state index contributed by atoms with van der Waals surface area (Å²) < 4.78 is 0. The molecule has 0 aliphatic carbocycles. The van der Waals surface area contributed by atoms with Crippen molar-refractivity contribution < 1.29 is 0 Å². The molecule has 0 unspecified atom stereocenters. The highest BCUT2D eigenvalue weighted by molar-refractivity contribution is 5.97. The second-order valence-electron chi connectivity index (χ2n) is 24.0. The normalized spacial score (nSPS) is 10.6. The molecular weight excluding hydrogens is 1210 g/mol. The van der Waals surface area contributed by atoms with Crippen LogP contribution >= 0.6 is 0 Å². The van der Waals surface area contributed by atoms with Gasteiger partial charge in [0.25, 0.3) is 0 Å². The molecule has 480 valence electrons. The molecule has 6 heteroatoms. The highest BCUT2D eigenvalue weighted by Gasteiger charge is 2.16. The lowest BCUT2D eigenvalue weighted by molar-refractivity contribution is 1.28. The predicted octanol–water partition coefficient (Wildman–Crippen LogP) is 26.9. The molecule has 0 atom stereocenters. The highest BCUT2D eigenvalue weighted by atomic mass is 15.2. The molecular formula is C94H74N6. The van der Waals surface area contributed by atoms with Crippen LogP contribution in [0.4, 0.5) is 85.3 Å². The first-order chi connectivity index (χ1) is 49.6. The quantitative estimate of drug-likeness (QED) is 0.0796. The van der Waals surface area contributed by atoms with Gasteiger partial charge in [-0.15, -0.1) is 0 Å². The average molecular weight is 1290 g/mol. The van der Waals surface area contributed by atoms with Gasteiger partial charge in [0.2, 0.25) is 0 Å². The SMILES string of the molecule is c1ccc(-c2ccc(Nc3ccc(-c4cccc5ccccc45)cc3)c(-c3ccccc3)c2)cc1.c1ccc(N(c2ccccc2)c2ccc(Nc3ccc(N(c4ccccc4)c4ccccc4)cc3)cc2)cc1.c1ccc(Nc2ccc(N(c3ccccc3)c3ccccc3)cc2)cc1. The molecule has 16 aromatic rings. The Kier molecular flexibility index (Phi) is 20.4. The fourth-order valence-corrected chi connectivity index (χ4v) is 12.4. The van der Waals surface area contributed by atoms with Crippen molar-refractivity contribution in [2.75, 3.05) is 30.7 Å². The fourth-order valence-electron chi connectivity index (χ4n) is 12.4. The van der Waals surface area contributed by atoms with Crippen LogP contribution in [0.2, 0.25) is 0 Å². The number of hydrogen-bond acceptors (Lipinski definition) is 6. The Morgan fingerprint density at radius 2 is 0.430 bits per heavy atom. The van der Waals surface area contributed by atoms with Gasteiger partial charge in [0, 0.05) is 90.9 Å². The van der Waals surface area contributed by atoms with E-state index in [-0.39, 0.29) is 0 Å². The van der Waals surface area contributed by atoms with Gasteiger partial charge in [-0.2, -0.15) is 0 Å². The molecule has 0 heterocycles. The van der Waals surface area contributed by atoms with E-state index in [1.165, 1.54) is 44.2 Å². The molecule has 0 aliphatic heterocycles. The third-order valence-corrected chi connectivity index (χ3v) is 17.3. The van der Waals surface area contributed by atoms with Crippen LogP contribution < -0.4 is 30.7 Å². The van der Waals surface area contributed by atoms with Crippen LogP contribution in [0.3, 0.4) is 0 Å². The molecule has 3 N–H and O–H groups in total. The predicted molar refractivity (Wildman–Crippen MR) is 426 cm³/mol. The monoisotopic (exact) mass is 1290 g/mol. The average Bonchev–Trinajstić information content (AvgIpc) is 0.967. The molecule has 100 heavy (non-hydrogen) atoms. The van der Waals surface area contributed by atoms with E-state index in [9.17, 15) is 0 Å². The Bertz CT molecular complexity index is 4890. The molecule has 16 rings (SSSR count). The van der Waals surface area contributed by atoms with Crippen LogP contribution in [-0.4, -0.2) is 0 Å². The summed E-state index contributed by atoms with van der Waals surface area (Å²) >= 11 is 0. The zero-order valence-electron chi connectivity index (χ0n) is 55.3. The van der Waals surface area contributed by atoms with Crippen molar-refractivity contribution in [1.29, 1.82) is 0 Å². The lowest BCUT2D eigenvalue weighted by atomic mass is 9.97. The van der Waals surface area contributed by atoms with Gasteiger partial charge in [0.1, 0.15) is 0 Å². The van der Waals surface area contributed by atoms with Crippen molar-refractivity contribution in [3.63, 3.8) is 0 Å². The molecule has 16 aromatic carbocycles. The van der Waals surface area contributed by atoms with Crippen molar-refractivity contribution in [3.8, 4) is 33.4 Å². The molecule has 0 amide bonds. The largest absolute Gasteiger partial charge is 0.356 e. The van der Waals surface area contributed by atoms with E-state index in [0.29, 0.717) is 0 Å². The number of rotatable bonds is 18. The highest BCUT2D eigenvalue weighted by Crippen LogP contribution is 2.40. The van der Waals surface area contributed by atoms with E-state index in [4.69, 9.17) is 0 Å².